The monoisotopic (exact) mass is 369 g/mol. The Bertz CT molecular complexity index is 1240. The van der Waals surface area contributed by atoms with Gasteiger partial charge in [0, 0.05) is 30.2 Å². The van der Waals surface area contributed by atoms with Gasteiger partial charge in [-0.15, -0.1) is 21.5 Å². The van der Waals surface area contributed by atoms with Gasteiger partial charge in [-0.05, 0) is 30.3 Å². The lowest BCUT2D eigenvalue weighted by Crippen LogP contribution is -1.99. The van der Waals surface area contributed by atoms with E-state index < -0.39 is 0 Å². The fourth-order valence-corrected chi connectivity index (χ4v) is 4.17. The molecule has 27 heavy (non-hydrogen) atoms. The summed E-state index contributed by atoms with van der Waals surface area (Å²) in [4.78, 5) is 6.64. The average Bonchev–Trinajstić information content (AvgIpc) is 3.37. The Morgan fingerprint density at radius 1 is 0.741 bits per heavy atom. The molecule has 4 heterocycles. The highest BCUT2D eigenvalue weighted by molar-refractivity contribution is 7.18. The predicted molar refractivity (Wildman–Crippen MR) is 108 cm³/mol. The predicted octanol–water partition coefficient (Wildman–Crippen LogP) is 4.82. The van der Waals surface area contributed by atoms with Crippen LogP contribution < -0.4 is 0 Å². The van der Waals surface area contributed by atoms with E-state index in [9.17, 15) is 0 Å². The molecule has 0 radical (unpaired) electrons. The number of pyridine rings is 1. The Kier molecular flexibility index (Phi) is 3.76. The van der Waals surface area contributed by atoms with Gasteiger partial charge in [0.1, 0.15) is 11.4 Å². The van der Waals surface area contributed by atoms with Crippen molar-refractivity contribution >= 4 is 22.1 Å². The van der Waals surface area contributed by atoms with E-state index in [1.807, 2.05) is 54.3 Å². The van der Waals surface area contributed by atoms with E-state index in [0.717, 1.165) is 43.3 Å². The summed E-state index contributed by atoms with van der Waals surface area (Å²) in [6.45, 7) is 0. The minimum Gasteiger partial charge on any atom is -0.266 e. The second-order valence-corrected chi connectivity index (χ2v) is 7.25. The van der Waals surface area contributed by atoms with Gasteiger partial charge in [-0.3, -0.25) is 9.67 Å². The summed E-state index contributed by atoms with van der Waals surface area (Å²) in [7, 11) is 1.91. The molecule has 0 atom stereocenters. The Morgan fingerprint density at radius 2 is 1.48 bits per heavy atom. The molecule has 130 valence electrons. The highest BCUT2D eigenvalue weighted by Gasteiger charge is 2.16. The number of nitrogens with zero attached hydrogens (tertiary/aromatic N) is 5. The summed E-state index contributed by atoms with van der Waals surface area (Å²) in [5.41, 5.74) is 3.66. The van der Waals surface area contributed by atoms with Crippen molar-refractivity contribution in [3.05, 3.63) is 73.1 Å². The largest absolute Gasteiger partial charge is 0.266 e. The van der Waals surface area contributed by atoms with Crippen molar-refractivity contribution < 1.29 is 0 Å². The highest BCUT2D eigenvalue weighted by Crippen LogP contribution is 2.37. The molecule has 5 nitrogen and oxygen atoms in total. The third kappa shape index (κ3) is 2.71. The number of aryl methyl sites for hydroxylation is 1. The van der Waals surface area contributed by atoms with Crippen LogP contribution in [0.3, 0.4) is 0 Å². The smallest absolute Gasteiger partial charge is 0.119 e. The zero-order chi connectivity index (χ0) is 18.2. The summed E-state index contributed by atoms with van der Waals surface area (Å²) in [5.74, 6) is 0. The molecule has 0 bridgehead atoms. The molecule has 0 aliphatic carbocycles. The molecule has 0 fully saturated rings. The first kappa shape index (κ1) is 15.8. The van der Waals surface area contributed by atoms with Crippen molar-refractivity contribution in [2.45, 2.75) is 0 Å². The number of thiophene rings is 1. The molecule has 4 aromatic heterocycles. The molecule has 0 aliphatic rings. The lowest BCUT2D eigenvalue weighted by Gasteiger charge is -2.08. The maximum atomic E-state index is 4.58. The third-order valence-corrected chi connectivity index (χ3v) is 5.62. The zero-order valence-corrected chi connectivity index (χ0v) is 15.4. The van der Waals surface area contributed by atoms with Crippen LogP contribution in [0.4, 0.5) is 0 Å². The third-order valence-electron chi connectivity index (χ3n) is 4.51. The molecular weight excluding hydrogens is 354 g/mol. The second-order valence-electron chi connectivity index (χ2n) is 6.16. The van der Waals surface area contributed by atoms with Gasteiger partial charge in [0.2, 0.25) is 0 Å². The summed E-state index contributed by atoms with van der Waals surface area (Å²) in [6.07, 6.45) is 3.59. The quantitative estimate of drug-likeness (QED) is 0.457. The molecule has 0 spiro atoms. The van der Waals surface area contributed by atoms with Gasteiger partial charge in [-0.2, -0.15) is 5.10 Å². The van der Waals surface area contributed by atoms with Crippen LogP contribution in [0.1, 0.15) is 0 Å². The van der Waals surface area contributed by atoms with Crippen LogP contribution in [0.25, 0.3) is 43.3 Å². The SMILES string of the molecule is Cn1nccc1-c1nnc(-c2ccc(-c3ccccn3)s2)c2ccccc12. The summed E-state index contributed by atoms with van der Waals surface area (Å²) in [5, 5.41) is 15.5. The Hall–Kier alpha value is -3.38. The van der Waals surface area contributed by atoms with Crippen LogP contribution in [-0.4, -0.2) is 25.0 Å². The fraction of sp³-hybridized carbons (Fsp3) is 0.0476. The molecular formula is C21H15N5S. The van der Waals surface area contributed by atoms with Crippen LogP contribution in [0.5, 0.6) is 0 Å². The number of hydrogen-bond acceptors (Lipinski definition) is 5. The number of fused-ring (bicyclic) bond motifs is 1. The van der Waals surface area contributed by atoms with Gasteiger partial charge >= 0.3 is 0 Å². The molecule has 0 saturated carbocycles. The summed E-state index contributed by atoms with van der Waals surface area (Å²) >= 11 is 1.68. The number of rotatable bonds is 3. The summed E-state index contributed by atoms with van der Waals surface area (Å²) < 4.78 is 1.82. The lowest BCUT2D eigenvalue weighted by molar-refractivity contribution is 0.772. The first-order valence-electron chi connectivity index (χ1n) is 8.57. The molecule has 0 aliphatic heterocycles. The molecule has 0 saturated heterocycles. The second kappa shape index (κ2) is 6.41. The first-order chi connectivity index (χ1) is 13.3. The molecule has 6 heteroatoms. The minimum absolute atomic E-state index is 0.843. The lowest BCUT2D eigenvalue weighted by atomic mass is 10.1. The molecule has 5 aromatic rings. The van der Waals surface area contributed by atoms with Crippen molar-refractivity contribution in [3.8, 4) is 32.5 Å². The van der Waals surface area contributed by atoms with Crippen LogP contribution in [-0.2, 0) is 7.05 Å². The van der Waals surface area contributed by atoms with E-state index in [1.165, 1.54) is 0 Å². The number of hydrogen-bond donors (Lipinski definition) is 0. The maximum absolute atomic E-state index is 4.58. The van der Waals surface area contributed by atoms with Crippen molar-refractivity contribution in [1.82, 2.24) is 25.0 Å². The molecule has 0 unspecified atom stereocenters. The normalized spacial score (nSPS) is 11.1. The molecule has 0 N–H and O–H groups in total. The van der Waals surface area contributed by atoms with Crippen molar-refractivity contribution in [1.29, 1.82) is 0 Å². The minimum atomic E-state index is 0.843. The van der Waals surface area contributed by atoms with Crippen LogP contribution in [0.15, 0.2) is 73.1 Å². The zero-order valence-electron chi connectivity index (χ0n) is 14.6. The fourth-order valence-electron chi connectivity index (χ4n) is 3.19. The van der Waals surface area contributed by atoms with Crippen molar-refractivity contribution in [3.63, 3.8) is 0 Å². The maximum Gasteiger partial charge on any atom is 0.119 e. The van der Waals surface area contributed by atoms with Gasteiger partial charge < -0.3 is 0 Å². The van der Waals surface area contributed by atoms with E-state index in [0.29, 0.717) is 0 Å². The topological polar surface area (TPSA) is 56.5 Å². The molecule has 0 amide bonds. The van der Waals surface area contributed by atoms with E-state index in [1.54, 1.807) is 17.5 Å². The summed E-state index contributed by atoms with van der Waals surface area (Å²) in [6, 6.07) is 20.3. The van der Waals surface area contributed by atoms with Gasteiger partial charge in [-0.25, -0.2) is 0 Å². The van der Waals surface area contributed by atoms with Gasteiger partial charge in [0.15, 0.2) is 0 Å². The van der Waals surface area contributed by atoms with E-state index in [2.05, 4.69) is 44.5 Å². The Labute approximate surface area is 160 Å². The molecule has 5 rings (SSSR count). The van der Waals surface area contributed by atoms with Crippen molar-refractivity contribution in [2.75, 3.05) is 0 Å². The standard InChI is InChI=1S/C21H15N5S/c1-26-17(11-13-23-26)20-14-6-2-3-7-15(14)21(25-24-20)19-10-9-18(27-19)16-8-4-5-12-22-16/h2-13H,1H3. The Morgan fingerprint density at radius 3 is 2.22 bits per heavy atom. The van der Waals surface area contributed by atoms with Crippen LogP contribution in [0.2, 0.25) is 0 Å². The Balaban J connectivity index is 1.68. The average molecular weight is 369 g/mol. The van der Waals surface area contributed by atoms with Crippen LogP contribution >= 0.6 is 11.3 Å². The van der Waals surface area contributed by atoms with E-state index >= 15 is 0 Å². The first-order valence-corrected chi connectivity index (χ1v) is 9.38. The van der Waals surface area contributed by atoms with Gasteiger partial charge in [0.25, 0.3) is 0 Å². The van der Waals surface area contributed by atoms with E-state index in [-0.39, 0.29) is 0 Å². The van der Waals surface area contributed by atoms with Gasteiger partial charge in [-0.1, -0.05) is 30.3 Å². The van der Waals surface area contributed by atoms with Crippen LogP contribution in [0, 0.1) is 0 Å². The highest BCUT2D eigenvalue weighted by atomic mass is 32.1. The number of aromatic nitrogens is 5. The number of benzene rings is 1. The molecule has 1 aromatic carbocycles. The van der Waals surface area contributed by atoms with E-state index in [4.69, 9.17) is 0 Å². The van der Waals surface area contributed by atoms with Crippen molar-refractivity contribution in [2.24, 2.45) is 7.05 Å². The van der Waals surface area contributed by atoms with Gasteiger partial charge in [0.05, 0.1) is 21.1 Å².